The topological polar surface area (TPSA) is 89.9 Å². The Hall–Kier alpha value is -3.15. The van der Waals surface area contributed by atoms with Crippen LogP contribution in [0.1, 0.15) is 18.9 Å². The largest absolute Gasteiger partial charge is 0.478 e. The third-order valence-electron chi connectivity index (χ3n) is 2.58. The number of carboxylic acid groups (broad SMARTS) is 1. The van der Waals surface area contributed by atoms with E-state index < -0.39 is 11.9 Å². The molecule has 1 aromatic carbocycles. The van der Waals surface area contributed by atoms with Gasteiger partial charge in [0.25, 0.3) is 0 Å². The van der Waals surface area contributed by atoms with Crippen LogP contribution in [0.2, 0.25) is 0 Å². The molecule has 0 atom stereocenters. The molecule has 25 heavy (non-hydrogen) atoms. The lowest BCUT2D eigenvalue weighted by atomic mass is 10.2. The van der Waals surface area contributed by atoms with Crippen molar-refractivity contribution < 1.29 is 29.0 Å². The average molecular weight is 346 g/mol. The zero-order chi connectivity index (χ0) is 19.1. The first-order valence-electron chi connectivity index (χ1n) is 7.48. The molecule has 6 nitrogen and oxygen atoms in total. The number of esters is 2. The van der Waals surface area contributed by atoms with Gasteiger partial charge in [0.15, 0.2) is 0 Å². The third kappa shape index (κ3) is 12.0. The molecule has 0 aromatic heterocycles. The maximum absolute atomic E-state index is 10.9. The van der Waals surface area contributed by atoms with Gasteiger partial charge in [0.1, 0.15) is 6.61 Å². The van der Waals surface area contributed by atoms with Gasteiger partial charge < -0.3 is 14.6 Å². The van der Waals surface area contributed by atoms with Gasteiger partial charge >= 0.3 is 17.9 Å². The molecule has 0 bridgehead atoms. The van der Waals surface area contributed by atoms with E-state index in [0.717, 1.165) is 17.7 Å². The minimum atomic E-state index is -1.04. The number of allylic oxidation sites excluding steroid dienone is 1. The standard InChI is InChI=1S/C10H10O2.C9H12O4/c1-2-10(11)12-8-9-6-4-3-5-7-9;1-3-13-9(12)7(2)5-4-6-8(10)11/h2-7H,1,8H2;4,6H,2-3,5H2,1H3,(H,10,11). The molecule has 0 amide bonds. The fourth-order valence-electron chi connectivity index (χ4n) is 1.41. The van der Waals surface area contributed by atoms with E-state index in [-0.39, 0.29) is 18.0 Å². The molecule has 0 unspecified atom stereocenters. The van der Waals surface area contributed by atoms with Crippen LogP contribution >= 0.6 is 0 Å². The first-order chi connectivity index (χ1) is 11.9. The molecule has 1 aromatic rings. The molecule has 0 saturated carbocycles. The van der Waals surface area contributed by atoms with Gasteiger partial charge in [-0.15, -0.1) is 0 Å². The zero-order valence-corrected chi connectivity index (χ0v) is 14.1. The Balaban J connectivity index is 0.000000462. The van der Waals surface area contributed by atoms with Crippen molar-refractivity contribution in [2.45, 2.75) is 20.0 Å². The van der Waals surface area contributed by atoms with Gasteiger partial charge in [-0.25, -0.2) is 14.4 Å². The molecule has 0 aliphatic carbocycles. The third-order valence-corrected chi connectivity index (χ3v) is 2.58. The van der Waals surface area contributed by atoms with Crippen molar-refractivity contribution in [3.63, 3.8) is 0 Å². The lowest BCUT2D eigenvalue weighted by Crippen LogP contribution is -2.05. The zero-order valence-electron chi connectivity index (χ0n) is 14.1. The predicted octanol–water partition coefficient (Wildman–Crippen LogP) is 3.05. The molecule has 0 heterocycles. The second kappa shape index (κ2) is 13.3. The second-order valence-electron chi connectivity index (χ2n) is 4.57. The summed E-state index contributed by atoms with van der Waals surface area (Å²) in [6.45, 7) is 9.05. The number of aliphatic carboxylic acids is 1. The first kappa shape index (κ1) is 21.9. The number of ether oxygens (including phenoxy) is 2. The van der Waals surface area contributed by atoms with Crippen LogP contribution in [0, 0.1) is 0 Å². The van der Waals surface area contributed by atoms with E-state index in [1.54, 1.807) is 6.92 Å². The van der Waals surface area contributed by atoms with Gasteiger partial charge in [0.05, 0.1) is 6.61 Å². The molecular formula is C19H22O6. The van der Waals surface area contributed by atoms with E-state index in [1.165, 1.54) is 6.08 Å². The Morgan fingerprint density at radius 1 is 1.16 bits per heavy atom. The SMILES string of the molecule is C=C(CC=CC(=O)O)C(=O)OCC.C=CC(=O)OCc1ccccc1. The van der Waals surface area contributed by atoms with Crippen LogP contribution in [-0.4, -0.2) is 29.6 Å². The van der Waals surface area contributed by atoms with Gasteiger partial charge in [-0.1, -0.05) is 49.6 Å². The highest BCUT2D eigenvalue weighted by Gasteiger charge is 2.04. The summed E-state index contributed by atoms with van der Waals surface area (Å²) in [5.74, 6) is -1.92. The van der Waals surface area contributed by atoms with E-state index in [9.17, 15) is 14.4 Å². The van der Waals surface area contributed by atoms with Crippen molar-refractivity contribution in [2.75, 3.05) is 6.61 Å². The highest BCUT2D eigenvalue weighted by molar-refractivity contribution is 5.88. The Bertz CT molecular complexity index is 616. The van der Waals surface area contributed by atoms with Crippen molar-refractivity contribution in [3.8, 4) is 0 Å². The van der Waals surface area contributed by atoms with Crippen LogP contribution in [0.25, 0.3) is 0 Å². The molecule has 0 saturated heterocycles. The second-order valence-corrected chi connectivity index (χ2v) is 4.57. The molecule has 0 fully saturated rings. The van der Waals surface area contributed by atoms with Gasteiger partial charge in [-0.3, -0.25) is 0 Å². The van der Waals surface area contributed by atoms with E-state index in [2.05, 4.69) is 17.9 Å². The van der Waals surface area contributed by atoms with Crippen LogP contribution < -0.4 is 0 Å². The molecule has 1 N–H and O–H groups in total. The molecular weight excluding hydrogens is 324 g/mol. The number of carbonyl (C=O) groups is 3. The molecule has 0 radical (unpaired) electrons. The molecule has 0 aliphatic rings. The average Bonchev–Trinajstić information content (AvgIpc) is 2.60. The monoisotopic (exact) mass is 346 g/mol. The van der Waals surface area contributed by atoms with Crippen LogP contribution in [0.15, 0.2) is 67.3 Å². The molecule has 1 rings (SSSR count). The van der Waals surface area contributed by atoms with E-state index in [0.29, 0.717) is 13.2 Å². The van der Waals surface area contributed by atoms with Gasteiger partial charge in [0.2, 0.25) is 0 Å². The minimum Gasteiger partial charge on any atom is -0.478 e. The van der Waals surface area contributed by atoms with Crippen molar-refractivity contribution in [2.24, 2.45) is 0 Å². The summed E-state index contributed by atoms with van der Waals surface area (Å²) in [7, 11) is 0. The van der Waals surface area contributed by atoms with Gasteiger partial charge in [-0.2, -0.15) is 0 Å². The van der Waals surface area contributed by atoms with Crippen LogP contribution in [0.3, 0.4) is 0 Å². The van der Waals surface area contributed by atoms with Gasteiger partial charge in [-0.05, 0) is 18.9 Å². The molecule has 0 spiro atoms. The Morgan fingerprint density at radius 2 is 1.80 bits per heavy atom. The minimum absolute atomic E-state index is 0.200. The normalized spacial score (nSPS) is 9.48. The van der Waals surface area contributed by atoms with E-state index in [4.69, 9.17) is 9.84 Å². The maximum Gasteiger partial charge on any atom is 0.333 e. The fourth-order valence-corrected chi connectivity index (χ4v) is 1.41. The summed E-state index contributed by atoms with van der Waals surface area (Å²) >= 11 is 0. The van der Waals surface area contributed by atoms with E-state index >= 15 is 0 Å². The number of hydrogen-bond acceptors (Lipinski definition) is 5. The number of carbonyl (C=O) groups excluding carboxylic acids is 2. The Morgan fingerprint density at radius 3 is 2.32 bits per heavy atom. The summed E-state index contributed by atoms with van der Waals surface area (Å²) < 4.78 is 9.46. The highest BCUT2D eigenvalue weighted by Crippen LogP contribution is 2.02. The Labute approximate surface area is 147 Å². The summed E-state index contributed by atoms with van der Waals surface area (Å²) in [6.07, 6.45) is 3.67. The molecule has 134 valence electrons. The maximum atomic E-state index is 10.9. The van der Waals surface area contributed by atoms with Crippen molar-refractivity contribution >= 4 is 17.9 Å². The number of benzene rings is 1. The van der Waals surface area contributed by atoms with Crippen LogP contribution in [-0.2, 0) is 30.5 Å². The number of carboxylic acids is 1. The summed E-state index contributed by atoms with van der Waals surface area (Å²) in [4.78, 5) is 31.6. The fraction of sp³-hybridized carbons (Fsp3) is 0.211. The number of hydrogen-bond donors (Lipinski definition) is 1. The van der Waals surface area contributed by atoms with Crippen LogP contribution in [0.4, 0.5) is 0 Å². The smallest absolute Gasteiger partial charge is 0.333 e. The summed E-state index contributed by atoms with van der Waals surface area (Å²) in [5, 5.41) is 8.24. The number of rotatable bonds is 8. The summed E-state index contributed by atoms with van der Waals surface area (Å²) in [6, 6.07) is 9.51. The van der Waals surface area contributed by atoms with Crippen molar-refractivity contribution in [3.05, 3.63) is 72.9 Å². The van der Waals surface area contributed by atoms with E-state index in [1.807, 2.05) is 30.3 Å². The Kier molecular flexibility index (Phi) is 11.6. The lowest BCUT2D eigenvalue weighted by molar-refractivity contribution is -0.139. The quantitative estimate of drug-likeness (QED) is 0.575. The van der Waals surface area contributed by atoms with Crippen LogP contribution in [0.5, 0.6) is 0 Å². The summed E-state index contributed by atoms with van der Waals surface area (Å²) in [5.41, 5.74) is 1.23. The lowest BCUT2D eigenvalue weighted by Gasteiger charge is -2.00. The van der Waals surface area contributed by atoms with Gasteiger partial charge in [0, 0.05) is 17.7 Å². The molecule has 0 aliphatic heterocycles. The van der Waals surface area contributed by atoms with Crippen molar-refractivity contribution in [1.29, 1.82) is 0 Å². The highest BCUT2D eigenvalue weighted by atomic mass is 16.5. The van der Waals surface area contributed by atoms with Crippen molar-refractivity contribution in [1.82, 2.24) is 0 Å². The molecule has 6 heteroatoms. The first-order valence-corrected chi connectivity index (χ1v) is 7.48. The predicted molar refractivity (Wildman–Crippen MR) is 93.6 cm³/mol.